The maximum Gasteiger partial charge on any atom is 0.276 e. The molecule has 0 atom stereocenters. The fourth-order valence-electron chi connectivity index (χ4n) is 2.03. The second kappa shape index (κ2) is 4.14. The molecule has 1 aromatic heterocycles. The Morgan fingerprint density at radius 3 is 2.59 bits per heavy atom. The summed E-state index contributed by atoms with van der Waals surface area (Å²) in [6, 6.07) is 5.69. The number of pyridine rings is 1. The van der Waals surface area contributed by atoms with Gasteiger partial charge in [-0.05, 0) is 50.1 Å². The number of benzene rings is 1. The number of nitrogens with zero attached hydrogens (tertiary/aromatic N) is 1. The van der Waals surface area contributed by atoms with Crippen molar-refractivity contribution < 1.29 is 10.0 Å². The van der Waals surface area contributed by atoms with Crippen LogP contribution in [0, 0.1) is 20.8 Å². The Bertz CT molecular complexity index is 606. The van der Waals surface area contributed by atoms with Crippen LogP contribution in [0.25, 0.3) is 10.9 Å². The molecule has 1 aromatic carbocycles. The summed E-state index contributed by atoms with van der Waals surface area (Å²) in [7, 11) is 0. The Balaban J connectivity index is 2.87. The molecular weight excluding hydrogens is 216 g/mol. The summed E-state index contributed by atoms with van der Waals surface area (Å²) in [5.74, 6) is -0.531. The van der Waals surface area contributed by atoms with Crippen molar-refractivity contribution >= 4 is 16.8 Å². The zero-order chi connectivity index (χ0) is 12.6. The van der Waals surface area contributed by atoms with Gasteiger partial charge in [-0.1, -0.05) is 0 Å². The molecule has 4 nitrogen and oxygen atoms in total. The van der Waals surface area contributed by atoms with Gasteiger partial charge in [-0.2, -0.15) is 0 Å². The van der Waals surface area contributed by atoms with Crippen molar-refractivity contribution in [3.05, 3.63) is 40.6 Å². The number of hydrogen-bond donors (Lipinski definition) is 2. The average molecular weight is 230 g/mol. The quantitative estimate of drug-likeness (QED) is 0.583. The first kappa shape index (κ1) is 11.5. The van der Waals surface area contributed by atoms with E-state index in [2.05, 4.69) is 4.98 Å². The Kier molecular flexibility index (Phi) is 2.81. The lowest BCUT2D eigenvalue weighted by molar-refractivity contribution is 0.0708. The number of aryl methyl sites for hydroxylation is 3. The van der Waals surface area contributed by atoms with Crippen LogP contribution in [0.2, 0.25) is 0 Å². The van der Waals surface area contributed by atoms with Crippen molar-refractivity contribution in [2.24, 2.45) is 0 Å². The average Bonchev–Trinajstić information content (AvgIpc) is 2.28. The van der Waals surface area contributed by atoms with Gasteiger partial charge in [-0.25, -0.2) is 5.48 Å². The molecule has 0 saturated heterocycles. The van der Waals surface area contributed by atoms with Crippen LogP contribution >= 0.6 is 0 Å². The van der Waals surface area contributed by atoms with E-state index in [1.807, 2.05) is 32.9 Å². The van der Waals surface area contributed by atoms with Gasteiger partial charge in [0.2, 0.25) is 0 Å². The Labute approximate surface area is 99.3 Å². The van der Waals surface area contributed by atoms with Gasteiger partial charge in [0, 0.05) is 11.1 Å². The molecule has 0 aliphatic carbocycles. The number of amides is 1. The van der Waals surface area contributed by atoms with E-state index < -0.39 is 5.91 Å². The van der Waals surface area contributed by atoms with Gasteiger partial charge < -0.3 is 0 Å². The third-order valence-corrected chi connectivity index (χ3v) is 2.74. The van der Waals surface area contributed by atoms with Crippen LogP contribution in [0.3, 0.4) is 0 Å². The fourth-order valence-corrected chi connectivity index (χ4v) is 2.03. The number of nitrogens with one attached hydrogen (secondary N) is 1. The molecule has 1 amide bonds. The molecule has 0 saturated carbocycles. The summed E-state index contributed by atoms with van der Waals surface area (Å²) < 4.78 is 0. The van der Waals surface area contributed by atoms with Gasteiger partial charge in [-0.15, -0.1) is 0 Å². The highest BCUT2D eigenvalue weighted by Crippen LogP contribution is 2.23. The Hall–Kier alpha value is -1.94. The third-order valence-electron chi connectivity index (χ3n) is 2.74. The topological polar surface area (TPSA) is 62.2 Å². The van der Waals surface area contributed by atoms with Crippen LogP contribution in [-0.2, 0) is 0 Å². The largest absolute Gasteiger partial charge is 0.288 e. The van der Waals surface area contributed by atoms with E-state index in [-0.39, 0.29) is 0 Å². The van der Waals surface area contributed by atoms with Crippen LogP contribution in [0.5, 0.6) is 0 Å². The zero-order valence-electron chi connectivity index (χ0n) is 10.0. The normalized spacial score (nSPS) is 10.6. The molecule has 0 aliphatic rings. The maximum absolute atomic E-state index is 11.6. The van der Waals surface area contributed by atoms with Crippen LogP contribution in [0.1, 0.15) is 27.2 Å². The van der Waals surface area contributed by atoms with E-state index in [9.17, 15) is 4.79 Å². The summed E-state index contributed by atoms with van der Waals surface area (Å²) in [6.07, 6.45) is 0. The lowest BCUT2D eigenvalue weighted by atomic mass is 10.0. The summed E-state index contributed by atoms with van der Waals surface area (Å²) in [5.41, 5.74) is 5.57. The predicted molar refractivity (Wildman–Crippen MR) is 65.2 cm³/mol. The number of aromatic nitrogens is 1. The predicted octanol–water partition coefficient (Wildman–Crippen LogP) is 2.28. The number of rotatable bonds is 1. The Morgan fingerprint density at radius 1 is 1.24 bits per heavy atom. The lowest BCUT2D eigenvalue weighted by Gasteiger charge is -2.09. The summed E-state index contributed by atoms with van der Waals surface area (Å²) >= 11 is 0. The summed E-state index contributed by atoms with van der Waals surface area (Å²) in [6.45, 7) is 5.77. The van der Waals surface area contributed by atoms with E-state index in [0.717, 1.165) is 22.2 Å². The first-order valence-corrected chi connectivity index (χ1v) is 5.36. The number of hydrogen-bond acceptors (Lipinski definition) is 3. The fraction of sp³-hybridized carbons (Fsp3) is 0.231. The number of fused-ring (bicyclic) bond motifs is 1. The van der Waals surface area contributed by atoms with Gasteiger partial charge >= 0.3 is 0 Å². The minimum atomic E-state index is -0.531. The smallest absolute Gasteiger partial charge is 0.276 e. The third kappa shape index (κ3) is 1.99. The summed E-state index contributed by atoms with van der Waals surface area (Å²) in [4.78, 5) is 16.0. The van der Waals surface area contributed by atoms with Crippen molar-refractivity contribution in [1.82, 2.24) is 10.5 Å². The van der Waals surface area contributed by atoms with E-state index in [1.54, 1.807) is 11.5 Å². The minimum absolute atomic E-state index is 0.397. The Morgan fingerprint density at radius 2 is 1.94 bits per heavy atom. The zero-order valence-corrected chi connectivity index (χ0v) is 10.0. The second-order valence-electron chi connectivity index (χ2n) is 4.23. The minimum Gasteiger partial charge on any atom is -0.288 e. The SMILES string of the molecule is Cc1cc(C(=O)NO)c2nc(C)cc(C)c2c1. The number of carbonyl (C=O) groups is 1. The van der Waals surface area contributed by atoms with Crippen LogP contribution < -0.4 is 5.48 Å². The van der Waals surface area contributed by atoms with E-state index >= 15 is 0 Å². The first-order chi connectivity index (χ1) is 8.02. The molecule has 0 fully saturated rings. The van der Waals surface area contributed by atoms with Crippen molar-refractivity contribution in [3.8, 4) is 0 Å². The van der Waals surface area contributed by atoms with Gasteiger partial charge in [-0.3, -0.25) is 15.0 Å². The molecule has 0 spiro atoms. The van der Waals surface area contributed by atoms with Crippen LogP contribution in [0.4, 0.5) is 0 Å². The van der Waals surface area contributed by atoms with Crippen LogP contribution in [0.15, 0.2) is 18.2 Å². The highest BCUT2D eigenvalue weighted by Gasteiger charge is 2.13. The molecular formula is C13H14N2O2. The molecule has 2 aromatic rings. The number of hydroxylamine groups is 1. The van der Waals surface area contributed by atoms with Gasteiger partial charge in [0.1, 0.15) is 0 Å². The molecule has 2 N–H and O–H groups in total. The van der Waals surface area contributed by atoms with E-state index in [1.165, 1.54) is 0 Å². The first-order valence-electron chi connectivity index (χ1n) is 5.36. The highest BCUT2D eigenvalue weighted by molar-refractivity contribution is 6.06. The van der Waals surface area contributed by atoms with Crippen molar-refractivity contribution in [1.29, 1.82) is 0 Å². The molecule has 2 rings (SSSR count). The highest BCUT2D eigenvalue weighted by atomic mass is 16.5. The molecule has 4 heteroatoms. The molecule has 17 heavy (non-hydrogen) atoms. The summed E-state index contributed by atoms with van der Waals surface area (Å²) in [5, 5.41) is 9.69. The van der Waals surface area contributed by atoms with Crippen molar-refractivity contribution in [2.45, 2.75) is 20.8 Å². The standard InChI is InChI=1S/C13H14N2O2/c1-7-4-10-8(2)6-9(3)14-12(10)11(5-7)13(16)15-17/h4-6,17H,1-3H3,(H,15,16). The van der Waals surface area contributed by atoms with Crippen molar-refractivity contribution in [2.75, 3.05) is 0 Å². The van der Waals surface area contributed by atoms with E-state index in [4.69, 9.17) is 5.21 Å². The van der Waals surface area contributed by atoms with Gasteiger partial charge in [0.25, 0.3) is 5.91 Å². The lowest BCUT2D eigenvalue weighted by Crippen LogP contribution is -2.19. The molecule has 1 heterocycles. The maximum atomic E-state index is 11.6. The number of carbonyl (C=O) groups excluding carboxylic acids is 1. The molecule has 0 radical (unpaired) electrons. The molecule has 88 valence electrons. The van der Waals surface area contributed by atoms with Gasteiger partial charge in [0.05, 0.1) is 11.1 Å². The van der Waals surface area contributed by atoms with Crippen molar-refractivity contribution in [3.63, 3.8) is 0 Å². The van der Waals surface area contributed by atoms with Crippen LogP contribution in [-0.4, -0.2) is 16.1 Å². The molecule has 0 bridgehead atoms. The van der Waals surface area contributed by atoms with Gasteiger partial charge in [0.15, 0.2) is 0 Å². The molecule has 0 unspecified atom stereocenters. The monoisotopic (exact) mass is 230 g/mol. The molecule has 0 aliphatic heterocycles. The van der Waals surface area contributed by atoms with E-state index in [0.29, 0.717) is 11.1 Å². The second-order valence-corrected chi connectivity index (χ2v) is 4.23.